The largest absolute Gasteiger partial charge is 0.384 e. The standard InChI is InChI=1S/C14H11ClN4/c15-11-2-4-12(5-3-11)19-9-17-8-13(19)10-1-6-14(16)18-7-10/h1-9H,(H2,16,18). The van der Waals surface area contributed by atoms with E-state index in [9.17, 15) is 0 Å². The molecule has 2 heterocycles. The lowest BCUT2D eigenvalue weighted by Gasteiger charge is -2.08. The molecular weight excluding hydrogens is 260 g/mol. The van der Waals surface area contributed by atoms with E-state index in [1.807, 2.05) is 34.9 Å². The highest BCUT2D eigenvalue weighted by molar-refractivity contribution is 6.30. The van der Waals surface area contributed by atoms with Crippen LogP contribution in [0.2, 0.25) is 5.02 Å². The fourth-order valence-corrected chi connectivity index (χ4v) is 2.00. The van der Waals surface area contributed by atoms with Gasteiger partial charge in [0, 0.05) is 22.5 Å². The second-order valence-electron chi connectivity index (χ2n) is 4.10. The molecule has 0 radical (unpaired) electrons. The molecule has 0 atom stereocenters. The Hall–Kier alpha value is -2.33. The number of nitrogen functional groups attached to an aromatic ring is 1. The number of halogens is 1. The molecule has 0 aliphatic carbocycles. The number of nitrogens with zero attached hydrogens (tertiary/aromatic N) is 3. The van der Waals surface area contributed by atoms with Gasteiger partial charge in [0.05, 0.1) is 18.2 Å². The van der Waals surface area contributed by atoms with Gasteiger partial charge in [0.15, 0.2) is 0 Å². The average Bonchev–Trinajstić information content (AvgIpc) is 2.90. The average molecular weight is 271 g/mol. The maximum absolute atomic E-state index is 5.90. The van der Waals surface area contributed by atoms with Gasteiger partial charge in [-0.25, -0.2) is 9.97 Å². The maximum atomic E-state index is 5.90. The van der Waals surface area contributed by atoms with E-state index in [1.165, 1.54) is 0 Å². The van der Waals surface area contributed by atoms with E-state index >= 15 is 0 Å². The van der Waals surface area contributed by atoms with Crippen LogP contribution in [0.4, 0.5) is 5.82 Å². The first-order valence-electron chi connectivity index (χ1n) is 5.74. The monoisotopic (exact) mass is 270 g/mol. The lowest BCUT2D eigenvalue weighted by Crippen LogP contribution is -1.96. The number of hydrogen-bond acceptors (Lipinski definition) is 3. The van der Waals surface area contributed by atoms with Gasteiger partial charge in [-0.1, -0.05) is 11.6 Å². The number of rotatable bonds is 2. The molecular formula is C14H11ClN4. The molecule has 2 N–H and O–H groups in total. The molecule has 0 fully saturated rings. The van der Waals surface area contributed by atoms with E-state index in [1.54, 1.807) is 24.8 Å². The molecule has 0 spiro atoms. The Morgan fingerprint density at radius 1 is 1.00 bits per heavy atom. The molecule has 0 bridgehead atoms. The lowest BCUT2D eigenvalue weighted by atomic mass is 10.2. The van der Waals surface area contributed by atoms with Crippen molar-refractivity contribution in [2.24, 2.45) is 0 Å². The summed E-state index contributed by atoms with van der Waals surface area (Å²) < 4.78 is 1.98. The van der Waals surface area contributed by atoms with Crippen LogP contribution in [0.5, 0.6) is 0 Å². The first-order valence-corrected chi connectivity index (χ1v) is 6.12. The van der Waals surface area contributed by atoms with Crippen molar-refractivity contribution in [3.05, 3.63) is 60.1 Å². The molecule has 0 amide bonds. The van der Waals surface area contributed by atoms with Gasteiger partial charge in [0.1, 0.15) is 5.82 Å². The minimum Gasteiger partial charge on any atom is -0.384 e. The Labute approximate surface area is 115 Å². The first kappa shape index (κ1) is 11.7. The van der Waals surface area contributed by atoms with Crippen molar-refractivity contribution in [2.45, 2.75) is 0 Å². The quantitative estimate of drug-likeness (QED) is 0.778. The van der Waals surface area contributed by atoms with Crippen LogP contribution in [0.3, 0.4) is 0 Å². The Morgan fingerprint density at radius 2 is 1.79 bits per heavy atom. The van der Waals surface area contributed by atoms with E-state index in [0.29, 0.717) is 10.8 Å². The van der Waals surface area contributed by atoms with Crippen LogP contribution in [0.1, 0.15) is 0 Å². The summed E-state index contributed by atoms with van der Waals surface area (Å²) in [6.45, 7) is 0. The van der Waals surface area contributed by atoms with Crippen LogP contribution in [0.25, 0.3) is 16.9 Å². The molecule has 5 heteroatoms. The fraction of sp³-hybridized carbons (Fsp3) is 0. The first-order chi connectivity index (χ1) is 9.24. The number of hydrogen-bond donors (Lipinski definition) is 1. The predicted molar refractivity (Wildman–Crippen MR) is 76.2 cm³/mol. The molecule has 1 aromatic carbocycles. The number of aromatic nitrogens is 3. The van der Waals surface area contributed by atoms with Crippen molar-refractivity contribution in [2.75, 3.05) is 5.73 Å². The summed E-state index contributed by atoms with van der Waals surface area (Å²) in [6, 6.07) is 11.3. The third-order valence-electron chi connectivity index (χ3n) is 2.83. The van der Waals surface area contributed by atoms with Crippen molar-refractivity contribution in [1.29, 1.82) is 0 Å². The molecule has 0 unspecified atom stereocenters. The second kappa shape index (κ2) is 4.74. The molecule has 0 saturated carbocycles. The van der Waals surface area contributed by atoms with Crippen molar-refractivity contribution in [3.8, 4) is 16.9 Å². The summed E-state index contributed by atoms with van der Waals surface area (Å²) in [5.41, 5.74) is 8.51. The summed E-state index contributed by atoms with van der Waals surface area (Å²) in [5.74, 6) is 0.501. The van der Waals surface area contributed by atoms with Crippen molar-refractivity contribution >= 4 is 17.4 Å². The summed E-state index contributed by atoms with van der Waals surface area (Å²) in [7, 11) is 0. The summed E-state index contributed by atoms with van der Waals surface area (Å²) >= 11 is 5.90. The minimum atomic E-state index is 0.501. The minimum absolute atomic E-state index is 0.501. The summed E-state index contributed by atoms with van der Waals surface area (Å²) in [4.78, 5) is 8.29. The SMILES string of the molecule is Nc1ccc(-c2cncn2-c2ccc(Cl)cc2)cn1. The fourth-order valence-electron chi connectivity index (χ4n) is 1.87. The van der Waals surface area contributed by atoms with Crippen molar-refractivity contribution in [3.63, 3.8) is 0 Å². The number of anilines is 1. The zero-order valence-corrected chi connectivity index (χ0v) is 10.7. The Balaban J connectivity index is 2.07. The van der Waals surface area contributed by atoms with E-state index in [-0.39, 0.29) is 0 Å². The lowest BCUT2D eigenvalue weighted by molar-refractivity contribution is 1.06. The van der Waals surface area contributed by atoms with Gasteiger partial charge >= 0.3 is 0 Å². The van der Waals surface area contributed by atoms with Gasteiger partial charge in [0.2, 0.25) is 0 Å². The van der Waals surface area contributed by atoms with E-state index in [0.717, 1.165) is 16.9 Å². The Morgan fingerprint density at radius 3 is 2.47 bits per heavy atom. The smallest absolute Gasteiger partial charge is 0.123 e. The third kappa shape index (κ3) is 2.30. The van der Waals surface area contributed by atoms with Crippen molar-refractivity contribution < 1.29 is 0 Å². The van der Waals surface area contributed by atoms with E-state index in [2.05, 4.69) is 9.97 Å². The summed E-state index contributed by atoms with van der Waals surface area (Å²) in [6.07, 6.45) is 5.29. The zero-order chi connectivity index (χ0) is 13.2. The van der Waals surface area contributed by atoms with Gasteiger partial charge in [0.25, 0.3) is 0 Å². The molecule has 0 saturated heterocycles. The molecule has 3 rings (SSSR count). The van der Waals surface area contributed by atoms with Gasteiger partial charge in [-0.3, -0.25) is 4.57 Å². The normalized spacial score (nSPS) is 10.6. The highest BCUT2D eigenvalue weighted by Gasteiger charge is 2.07. The van der Waals surface area contributed by atoms with Crippen LogP contribution in [-0.2, 0) is 0 Å². The molecule has 2 aromatic heterocycles. The third-order valence-corrected chi connectivity index (χ3v) is 3.08. The molecule has 94 valence electrons. The predicted octanol–water partition coefficient (Wildman–Crippen LogP) is 3.17. The van der Waals surface area contributed by atoms with Gasteiger partial charge in [-0.05, 0) is 36.4 Å². The van der Waals surface area contributed by atoms with Crippen LogP contribution >= 0.6 is 11.6 Å². The van der Waals surface area contributed by atoms with Gasteiger partial charge in [-0.15, -0.1) is 0 Å². The Bertz CT molecular complexity index is 626. The van der Waals surface area contributed by atoms with Crippen LogP contribution in [-0.4, -0.2) is 14.5 Å². The molecule has 19 heavy (non-hydrogen) atoms. The number of imidazole rings is 1. The van der Waals surface area contributed by atoms with Crippen molar-refractivity contribution in [1.82, 2.24) is 14.5 Å². The second-order valence-corrected chi connectivity index (χ2v) is 4.53. The molecule has 4 nitrogen and oxygen atoms in total. The zero-order valence-electron chi connectivity index (χ0n) is 9.99. The van der Waals surface area contributed by atoms with Gasteiger partial charge in [-0.2, -0.15) is 0 Å². The number of pyridine rings is 1. The van der Waals surface area contributed by atoms with Crippen LogP contribution < -0.4 is 5.73 Å². The van der Waals surface area contributed by atoms with Gasteiger partial charge < -0.3 is 5.73 Å². The number of benzene rings is 1. The maximum Gasteiger partial charge on any atom is 0.123 e. The number of nitrogens with two attached hydrogens (primary N) is 1. The van der Waals surface area contributed by atoms with Crippen LogP contribution in [0, 0.1) is 0 Å². The highest BCUT2D eigenvalue weighted by Crippen LogP contribution is 2.23. The Kier molecular flexibility index (Phi) is 2.93. The van der Waals surface area contributed by atoms with E-state index < -0.39 is 0 Å². The summed E-state index contributed by atoms with van der Waals surface area (Å²) in [5, 5.41) is 0.708. The molecule has 0 aliphatic heterocycles. The topological polar surface area (TPSA) is 56.7 Å². The van der Waals surface area contributed by atoms with Crippen LogP contribution in [0.15, 0.2) is 55.1 Å². The molecule has 0 aliphatic rings. The highest BCUT2D eigenvalue weighted by atomic mass is 35.5. The molecule has 3 aromatic rings. The van der Waals surface area contributed by atoms with E-state index in [4.69, 9.17) is 17.3 Å².